The third-order valence-corrected chi connectivity index (χ3v) is 8.47. The Morgan fingerprint density at radius 3 is 2.44 bits per heavy atom. The summed E-state index contributed by atoms with van der Waals surface area (Å²) < 4.78 is 25.5. The maximum absolute atomic E-state index is 14.5. The number of pyridine rings is 1. The van der Waals surface area contributed by atoms with Gasteiger partial charge >= 0.3 is 12.1 Å². The Hall–Kier alpha value is -5.27. The molecule has 1 aromatic heterocycles. The Morgan fingerprint density at radius 1 is 1.00 bits per heavy atom. The number of fused-ring (bicyclic) bond motifs is 1. The molecule has 254 valence electrons. The summed E-state index contributed by atoms with van der Waals surface area (Å²) in [5, 5.41) is 12.5. The zero-order valence-electron chi connectivity index (χ0n) is 26.6. The molecule has 48 heavy (non-hydrogen) atoms. The second-order valence-corrected chi connectivity index (χ2v) is 11.5. The second kappa shape index (κ2) is 15.5. The number of nitrogens with zero attached hydrogens (tertiary/aromatic N) is 4. The van der Waals surface area contributed by atoms with Gasteiger partial charge in [-0.2, -0.15) is 0 Å². The van der Waals surface area contributed by atoms with Gasteiger partial charge in [0.15, 0.2) is 6.61 Å². The molecular formula is C34H38FN5O8. The molecule has 0 spiro atoms. The predicted molar refractivity (Wildman–Crippen MR) is 171 cm³/mol. The standard InChI is InChI=1S/C34H38FN5O8/c1-2-47-34(46)39-18-16-38(17-19-39)33(45)26(13-14-31(42)43)37-32(44)27-20-29(23-9-4-6-11-25(23)36-27)48-21-30(41)40-15-7-12-28(40)22-8-3-5-10-24(22)35/h3-6,8-11,20,26,28H,2,7,12-19,21H2,1H3,(H,37,44)(H,42,43). The number of aromatic nitrogens is 1. The molecule has 2 unspecified atom stereocenters. The lowest BCUT2D eigenvalue weighted by Gasteiger charge is -2.35. The highest BCUT2D eigenvalue weighted by atomic mass is 19.1. The number of hydrogen-bond acceptors (Lipinski definition) is 8. The molecule has 2 fully saturated rings. The van der Waals surface area contributed by atoms with Crippen molar-refractivity contribution in [3.8, 4) is 5.75 Å². The van der Waals surface area contributed by atoms with E-state index < -0.39 is 36.0 Å². The maximum atomic E-state index is 14.5. The number of piperazine rings is 1. The predicted octanol–water partition coefficient (Wildman–Crippen LogP) is 3.38. The van der Waals surface area contributed by atoms with E-state index in [9.17, 15) is 33.5 Å². The molecule has 4 amide bonds. The molecule has 2 aliphatic heterocycles. The number of amides is 4. The smallest absolute Gasteiger partial charge is 0.409 e. The number of benzene rings is 2. The van der Waals surface area contributed by atoms with Gasteiger partial charge in [0.2, 0.25) is 5.91 Å². The van der Waals surface area contributed by atoms with Crippen LogP contribution < -0.4 is 10.1 Å². The van der Waals surface area contributed by atoms with Crippen LogP contribution in [0.5, 0.6) is 5.75 Å². The van der Waals surface area contributed by atoms with Gasteiger partial charge in [-0.3, -0.25) is 19.2 Å². The summed E-state index contributed by atoms with van der Waals surface area (Å²) >= 11 is 0. The fourth-order valence-corrected chi connectivity index (χ4v) is 6.04. The molecule has 2 atom stereocenters. The molecule has 14 heteroatoms. The van der Waals surface area contributed by atoms with Crippen LogP contribution >= 0.6 is 0 Å². The summed E-state index contributed by atoms with van der Waals surface area (Å²) in [5.41, 5.74) is 0.757. The number of nitrogens with one attached hydrogen (secondary N) is 1. The molecule has 2 N–H and O–H groups in total. The van der Waals surface area contributed by atoms with Crippen molar-refractivity contribution in [2.45, 2.75) is 44.7 Å². The lowest BCUT2D eigenvalue weighted by atomic mass is 10.0. The molecule has 3 aromatic rings. The first-order valence-corrected chi connectivity index (χ1v) is 16.0. The van der Waals surface area contributed by atoms with E-state index >= 15 is 0 Å². The van der Waals surface area contributed by atoms with Crippen LogP contribution in [0.15, 0.2) is 54.6 Å². The van der Waals surface area contributed by atoms with E-state index in [1.54, 1.807) is 54.3 Å². The van der Waals surface area contributed by atoms with Gasteiger partial charge in [-0.05, 0) is 44.4 Å². The lowest BCUT2D eigenvalue weighted by molar-refractivity contribution is -0.138. The normalized spacial score (nSPS) is 16.8. The molecule has 2 aromatic carbocycles. The molecule has 0 bridgehead atoms. The number of rotatable bonds is 11. The van der Waals surface area contributed by atoms with E-state index in [4.69, 9.17) is 9.47 Å². The second-order valence-electron chi connectivity index (χ2n) is 11.5. The van der Waals surface area contributed by atoms with Crippen molar-refractivity contribution in [1.29, 1.82) is 0 Å². The summed E-state index contributed by atoms with van der Waals surface area (Å²) in [6, 6.07) is 13.1. The number of likely N-dealkylation sites (tertiary alicyclic amines) is 1. The van der Waals surface area contributed by atoms with E-state index in [0.717, 1.165) is 6.42 Å². The average molecular weight is 664 g/mol. The number of aliphatic carboxylic acids is 1. The van der Waals surface area contributed by atoms with Crippen molar-refractivity contribution in [1.82, 2.24) is 25.0 Å². The van der Waals surface area contributed by atoms with Crippen LogP contribution in [0.25, 0.3) is 10.9 Å². The van der Waals surface area contributed by atoms with Crippen molar-refractivity contribution < 1.29 is 42.9 Å². The molecule has 5 rings (SSSR count). The Morgan fingerprint density at radius 2 is 1.71 bits per heavy atom. The fourth-order valence-electron chi connectivity index (χ4n) is 6.04. The topological polar surface area (TPSA) is 159 Å². The molecule has 2 saturated heterocycles. The van der Waals surface area contributed by atoms with Crippen molar-refractivity contribution >= 4 is 40.7 Å². The third kappa shape index (κ3) is 7.99. The van der Waals surface area contributed by atoms with Gasteiger partial charge in [-0.15, -0.1) is 0 Å². The minimum absolute atomic E-state index is 0.0955. The number of para-hydroxylation sites is 1. The van der Waals surface area contributed by atoms with Gasteiger partial charge in [0.05, 0.1) is 18.2 Å². The van der Waals surface area contributed by atoms with Crippen molar-refractivity contribution in [3.63, 3.8) is 0 Å². The number of carbonyl (C=O) groups excluding carboxylic acids is 4. The number of carboxylic acids is 1. The van der Waals surface area contributed by atoms with Gasteiger partial charge in [0.1, 0.15) is 23.3 Å². The molecule has 0 aliphatic carbocycles. The van der Waals surface area contributed by atoms with Crippen LogP contribution in [-0.2, 0) is 19.1 Å². The summed E-state index contributed by atoms with van der Waals surface area (Å²) in [6.45, 7) is 2.85. The molecule has 2 aliphatic rings. The molecular weight excluding hydrogens is 625 g/mol. The van der Waals surface area contributed by atoms with Crippen molar-refractivity contribution in [2.24, 2.45) is 0 Å². The summed E-state index contributed by atoms with van der Waals surface area (Å²) in [5.74, 6) is -2.85. The highest BCUT2D eigenvalue weighted by Gasteiger charge is 2.33. The quantitative estimate of drug-likeness (QED) is 0.314. The summed E-state index contributed by atoms with van der Waals surface area (Å²) in [4.78, 5) is 72.8. The number of carbonyl (C=O) groups is 5. The van der Waals surface area contributed by atoms with Gasteiger partial charge in [0, 0.05) is 56.2 Å². The van der Waals surface area contributed by atoms with E-state index in [0.29, 0.717) is 29.4 Å². The summed E-state index contributed by atoms with van der Waals surface area (Å²) in [6.07, 6.45) is 0.329. The highest BCUT2D eigenvalue weighted by Crippen LogP contribution is 2.34. The van der Waals surface area contributed by atoms with Crippen LogP contribution in [0, 0.1) is 5.82 Å². The van der Waals surface area contributed by atoms with E-state index in [2.05, 4.69) is 10.3 Å². The minimum atomic E-state index is -1.17. The average Bonchev–Trinajstić information content (AvgIpc) is 3.58. The molecule has 3 heterocycles. The van der Waals surface area contributed by atoms with Crippen LogP contribution in [0.2, 0.25) is 0 Å². The minimum Gasteiger partial charge on any atom is -0.483 e. The van der Waals surface area contributed by atoms with E-state index in [-0.39, 0.29) is 75.4 Å². The van der Waals surface area contributed by atoms with Crippen LogP contribution in [0.1, 0.15) is 54.7 Å². The Balaban J connectivity index is 1.30. The third-order valence-electron chi connectivity index (χ3n) is 8.47. The maximum Gasteiger partial charge on any atom is 0.409 e. The van der Waals surface area contributed by atoms with Gasteiger partial charge < -0.3 is 34.6 Å². The molecule has 0 saturated carbocycles. The first-order valence-electron chi connectivity index (χ1n) is 16.0. The number of hydrogen-bond donors (Lipinski definition) is 2. The van der Waals surface area contributed by atoms with Crippen LogP contribution in [0.4, 0.5) is 9.18 Å². The highest BCUT2D eigenvalue weighted by molar-refractivity contribution is 5.99. The zero-order chi connectivity index (χ0) is 34.2. The van der Waals surface area contributed by atoms with Crippen LogP contribution in [-0.4, -0.2) is 107 Å². The van der Waals surface area contributed by atoms with Gasteiger partial charge in [-0.25, -0.2) is 14.2 Å². The monoisotopic (exact) mass is 663 g/mol. The number of carboxylic acid groups (broad SMARTS) is 1. The van der Waals surface area contributed by atoms with Crippen LogP contribution in [0.3, 0.4) is 0 Å². The number of halogens is 1. The SMILES string of the molecule is CCOC(=O)N1CCN(C(=O)C(CCC(=O)O)NC(=O)c2cc(OCC(=O)N3CCCC3c3ccccc3F)c3ccccc3n2)CC1. The molecule has 0 radical (unpaired) electrons. The van der Waals surface area contributed by atoms with Crippen molar-refractivity contribution in [3.05, 3.63) is 71.7 Å². The zero-order valence-corrected chi connectivity index (χ0v) is 26.6. The fraction of sp³-hybridized carbons (Fsp3) is 0.412. The summed E-state index contributed by atoms with van der Waals surface area (Å²) in [7, 11) is 0. The molecule has 13 nitrogen and oxygen atoms in total. The lowest BCUT2D eigenvalue weighted by Crippen LogP contribution is -2.56. The van der Waals surface area contributed by atoms with Gasteiger partial charge in [0.25, 0.3) is 11.8 Å². The van der Waals surface area contributed by atoms with Gasteiger partial charge in [-0.1, -0.05) is 30.3 Å². The van der Waals surface area contributed by atoms with E-state index in [1.807, 2.05) is 0 Å². The first kappa shape index (κ1) is 34.1. The Bertz CT molecular complexity index is 1680. The number of ether oxygens (including phenoxy) is 2. The first-order chi connectivity index (χ1) is 23.2. The Labute approximate surface area is 276 Å². The van der Waals surface area contributed by atoms with E-state index in [1.165, 1.54) is 21.9 Å². The Kier molecular flexibility index (Phi) is 11.0. The largest absolute Gasteiger partial charge is 0.483 e. The van der Waals surface area contributed by atoms with Crippen molar-refractivity contribution in [2.75, 3.05) is 45.9 Å².